The molecule has 0 aromatic heterocycles. The van der Waals surface area contributed by atoms with Gasteiger partial charge in [0.25, 0.3) is 0 Å². The van der Waals surface area contributed by atoms with Gasteiger partial charge in [-0.05, 0) is 12.1 Å². The van der Waals surface area contributed by atoms with Crippen molar-refractivity contribution in [3.63, 3.8) is 0 Å². The summed E-state index contributed by atoms with van der Waals surface area (Å²) in [6.07, 6.45) is 0. The second-order valence-corrected chi connectivity index (χ2v) is 1.30. The Bertz CT molecular complexity index is 163. The van der Waals surface area contributed by atoms with Crippen LogP contribution in [-0.2, 0) is 18.6 Å². The molecule has 0 saturated carbocycles. The standard InChI is InChI=1S/C6H5F.2CH4O.S.Ti/c7-6-4-2-1-3-5-6;2*1-2;;/h1-5H;2*2H,1H3;;. The van der Waals surface area contributed by atoms with Crippen LogP contribution in [0.3, 0.4) is 0 Å². The molecule has 0 radical (unpaired) electrons. The molecule has 0 fully saturated rings. The normalized spacial score (nSPS) is 5.85. The zero-order valence-electron chi connectivity index (χ0n) is 7.57. The minimum absolute atomic E-state index is 0.178. The van der Waals surface area contributed by atoms with E-state index in [2.05, 4.69) is 9.70 Å². The summed E-state index contributed by atoms with van der Waals surface area (Å²) in [5, 5.41) is 14.0. The molecule has 1 aromatic rings. The summed E-state index contributed by atoms with van der Waals surface area (Å²) in [7, 11) is 6.08. The Kier molecular flexibility index (Phi) is 32.7. The number of aliphatic hydroxyl groups excluding tert-OH is 2. The van der Waals surface area contributed by atoms with E-state index in [4.69, 9.17) is 10.2 Å². The zero-order valence-corrected chi connectivity index (χ0v) is 9.95. The van der Waals surface area contributed by atoms with Crippen molar-refractivity contribution in [2.24, 2.45) is 0 Å². The van der Waals surface area contributed by atoms with Crippen molar-refractivity contribution in [2.75, 3.05) is 14.2 Å². The van der Waals surface area contributed by atoms with Gasteiger partial charge < -0.3 is 10.2 Å². The van der Waals surface area contributed by atoms with Crippen molar-refractivity contribution in [3.05, 3.63) is 36.1 Å². The first-order valence-corrected chi connectivity index (χ1v) is 5.52. The molecule has 74 valence electrons. The number of hydrogen-bond donors (Lipinski definition) is 2. The number of halogens is 1. The molecule has 0 aliphatic carbocycles. The van der Waals surface area contributed by atoms with Gasteiger partial charge in [0.1, 0.15) is 5.82 Å². The summed E-state index contributed by atoms with van der Waals surface area (Å²) in [4.78, 5) is 0. The molecule has 2 nitrogen and oxygen atoms in total. The van der Waals surface area contributed by atoms with Gasteiger partial charge in [0.05, 0.1) is 0 Å². The van der Waals surface area contributed by atoms with Crippen LogP contribution in [0.25, 0.3) is 0 Å². The molecule has 2 N–H and O–H groups in total. The van der Waals surface area contributed by atoms with Gasteiger partial charge in [-0.2, -0.15) is 0 Å². The van der Waals surface area contributed by atoms with Crippen molar-refractivity contribution in [2.45, 2.75) is 0 Å². The van der Waals surface area contributed by atoms with Crippen molar-refractivity contribution in [1.82, 2.24) is 0 Å². The number of aliphatic hydroxyl groups is 2. The van der Waals surface area contributed by atoms with Crippen molar-refractivity contribution >= 4 is 9.70 Å². The van der Waals surface area contributed by atoms with Gasteiger partial charge in [-0.15, -0.1) is 0 Å². The van der Waals surface area contributed by atoms with Gasteiger partial charge in [0.2, 0.25) is 0 Å². The first-order valence-electron chi connectivity index (χ1n) is 3.20. The molecule has 0 aliphatic rings. The van der Waals surface area contributed by atoms with Crippen LogP contribution in [0.1, 0.15) is 0 Å². The molecule has 5 heteroatoms. The van der Waals surface area contributed by atoms with E-state index in [1.807, 2.05) is 0 Å². The Morgan fingerprint density at radius 3 is 1.46 bits per heavy atom. The summed E-state index contributed by atoms with van der Waals surface area (Å²) in [6, 6.07) is 7.94. The Labute approximate surface area is 93.2 Å². The van der Waals surface area contributed by atoms with Crippen LogP contribution in [0.2, 0.25) is 0 Å². The molecule has 0 heterocycles. The Hall–Kier alpha value is 0.00429. The summed E-state index contributed by atoms with van der Waals surface area (Å²) in [5.41, 5.74) is 0. The SMILES string of the molecule is CO.CO.Fc1ccccc1.[S]=[Ti]. The van der Waals surface area contributed by atoms with E-state index in [-0.39, 0.29) is 5.82 Å². The van der Waals surface area contributed by atoms with Crippen LogP contribution in [0.15, 0.2) is 30.3 Å². The fourth-order valence-electron chi connectivity index (χ4n) is 0.415. The van der Waals surface area contributed by atoms with E-state index >= 15 is 0 Å². The fourth-order valence-corrected chi connectivity index (χ4v) is 0.415. The summed E-state index contributed by atoms with van der Waals surface area (Å²) < 4.78 is 11.9. The first-order chi connectivity index (χ1) is 6.39. The first kappa shape index (κ1) is 18.7. The Balaban J connectivity index is -0.000000144. The van der Waals surface area contributed by atoms with Crippen LogP contribution in [0.4, 0.5) is 4.39 Å². The summed E-state index contributed by atoms with van der Waals surface area (Å²) in [5.74, 6) is -0.178. The molecule has 0 spiro atoms. The maximum absolute atomic E-state index is 11.9. The van der Waals surface area contributed by atoms with E-state index in [0.717, 1.165) is 14.2 Å². The molecule has 0 amide bonds. The molecule has 0 unspecified atom stereocenters. The average Bonchev–Trinajstić information content (AvgIpc) is 2.28. The van der Waals surface area contributed by atoms with Crippen LogP contribution in [0, 0.1) is 5.82 Å². The predicted molar refractivity (Wildman–Crippen MR) is 50.3 cm³/mol. The second-order valence-electron chi connectivity index (χ2n) is 1.30. The van der Waals surface area contributed by atoms with E-state index in [1.54, 1.807) is 36.8 Å². The van der Waals surface area contributed by atoms with Crippen molar-refractivity contribution in [3.8, 4) is 0 Å². The van der Waals surface area contributed by atoms with Crippen LogP contribution < -0.4 is 0 Å². The third kappa shape index (κ3) is 18.8. The third-order valence-corrected chi connectivity index (χ3v) is 0.733. The van der Waals surface area contributed by atoms with E-state index < -0.39 is 0 Å². The van der Waals surface area contributed by atoms with Gasteiger partial charge in [-0.25, -0.2) is 4.39 Å². The van der Waals surface area contributed by atoms with E-state index in [1.165, 1.54) is 12.1 Å². The molecule has 0 saturated heterocycles. The van der Waals surface area contributed by atoms with Crippen LogP contribution >= 0.6 is 9.70 Å². The summed E-state index contributed by atoms with van der Waals surface area (Å²) >= 11 is 1.58. The Morgan fingerprint density at radius 1 is 1.00 bits per heavy atom. The molecular formula is C8H13FO2STi. The fraction of sp³-hybridized carbons (Fsp3) is 0.250. The van der Waals surface area contributed by atoms with Gasteiger partial charge in [0, 0.05) is 14.2 Å². The molecule has 1 rings (SSSR count). The van der Waals surface area contributed by atoms with Gasteiger partial charge in [-0.3, -0.25) is 0 Å². The number of benzene rings is 1. The molecule has 0 aliphatic heterocycles. The summed E-state index contributed by atoms with van der Waals surface area (Å²) in [6.45, 7) is 0. The van der Waals surface area contributed by atoms with Gasteiger partial charge >= 0.3 is 28.3 Å². The van der Waals surface area contributed by atoms with E-state index in [9.17, 15) is 4.39 Å². The Morgan fingerprint density at radius 2 is 1.31 bits per heavy atom. The number of rotatable bonds is 0. The monoisotopic (exact) mass is 240 g/mol. The topological polar surface area (TPSA) is 40.5 Å². The average molecular weight is 240 g/mol. The molecule has 1 aromatic carbocycles. The van der Waals surface area contributed by atoms with E-state index in [0.29, 0.717) is 0 Å². The van der Waals surface area contributed by atoms with Crippen molar-refractivity contribution in [1.29, 1.82) is 0 Å². The van der Waals surface area contributed by atoms with Crippen molar-refractivity contribution < 1.29 is 33.2 Å². The predicted octanol–water partition coefficient (Wildman–Crippen LogP) is 1.69. The van der Waals surface area contributed by atoms with Gasteiger partial charge in [-0.1, -0.05) is 18.2 Å². The third-order valence-electron chi connectivity index (χ3n) is 0.733. The maximum atomic E-state index is 11.9. The van der Waals surface area contributed by atoms with Crippen LogP contribution in [-0.4, -0.2) is 24.4 Å². The number of hydrogen-bond acceptors (Lipinski definition) is 3. The van der Waals surface area contributed by atoms with Crippen LogP contribution in [0.5, 0.6) is 0 Å². The second kappa shape index (κ2) is 22.7. The molecule has 0 bridgehead atoms. The molecule has 0 atom stereocenters. The zero-order chi connectivity index (χ0) is 11.1. The minimum atomic E-state index is -0.178. The molecule has 13 heavy (non-hydrogen) atoms. The molecular weight excluding hydrogens is 227 g/mol. The quantitative estimate of drug-likeness (QED) is 0.678. The van der Waals surface area contributed by atoms with Gasteiger partial charge in [0.15, 0.2) is 0 Å².